The first-order chi connectivity index (χ1) is 7.79. The fraction of sp³-hybridized carbons (Fsp3) is 0.917. The standard InChI is InChI=1S/C12H23N3O/c1-2-15-7-3-4-11(15)8-14-12(16)9-13-10-5-6-10/h10-11,13H,2-9H2,1H3,(H,14,16). The molecule has 0 aromatic carbocycles. The van der Waals surface area contributed by atoms with Crippen LogP contribution in [-0.2, 0) is 4.79 Å². The van der Waals surface area contributed by atoms with E-state index in [4.69, 9.17) is 0 Å². The molecule has 2 aliphatic rings. The van der Waals surface area contributed by atoms with Crippen molar-refractivity contribution in [3.05, 3.63) is 0 Å². The molecule has 1 aliphatic carbocycles. The predicted octanol–water partition coefficient (Wildman–Crippen LogP) is 0.339. The van der Waals surface area contributed by atoms with Gasteiger partial charge >= 0.3 is 0 Å². The van der Waals surface area contributed by atoms with Gasteiger partial charge in [0, 0.05) is 18.6 Å². The minimum Gasteiger partial charge on any atom is -0.353 e. The number of hydrogen-bond donors (Lipinski definition) is 2. The highest BCUT2D eigenvalue weighted by Crippen LogP contribution is 2.18. The van der Waals surface area contributed by atoms with E-state index < -0.39 is 0 Å². The van der Waals surface area contributed by atoms with Gasteiger partial charge in [-0.15, -0.1) is 0 Å². The average molecular weight is 225 g/mol. The van der Waals surface area contributed by atoms with Gasteiger partial charge in [-0.3, -0.25) is 9.69 Å². The summed E-state index contributed by atoms with van der Waals surface area (Å²) >= 11 is 0. The maximum atomic E-state index is 11.5. The second kappa shape index (κ2) is 5.64. The third kappa shape index (κ3) is 3.46. The molecule has 92 valence electrons. The van der Waals surface area contributed by atoms with Crippen LogP contribution in [0.4, 0.5) is 0 Å². The van der Waals surface area contributed by atoms with Crippen molar-refractivity contribution in [2.24, 2.45) is 0 Å². The van der Waals surface area contributed by atoms with Gasteiger partial charge in [0.05, 0.1) is 6.54 Å². The molecule has 2 fully saturated rings. The first kappa shape index (κ1) is 11.9. The third-order valence-corrected chi connectivity index (χ3v) is 3.57. The lowest BCUT2D eigenvalue weighted by Gasteiger charge is -2.22. The Labute approximate surface area is 97.8 Å². The molecule has 1 atom stereocenters. The van der Waals surface area contributed by atoms with Crippen LogP contribution in [0.3, 0.4) is 0 Å². The topological polar surface area (TPSA) is 44.4 Å². The first-order valence-corrected chi connectivity index (χ1v) is 6.53. The van der Waals surface area contributed by atoms with Gasteiger partial charge in [-0.05, 0) is 38.8 Å². The van der Waals surface area contributed by atoms with Crippen LogP contribution in [0.15, 0.2) is 0 Å². The quantitative estimate of drug-likeness (QED) is 0.685. The van der Waals surface area contributed by atoms with Gasteiger partial charge in [-0.1, -0.05) is 6.92 Å². The van der Waals surface area contributed by atoms with Crippen molar-refractivity contribution in [3.8, 4) is 0 Å². The second-order valence-corrected chi connectivity index (χ2v) is 4.88. The summed E-state index contributed by atoms with van der Waals surface area (Å²) in [5.74, 6) is 0.148. The number of nitrogens with zero attached hydrogens (tertiary/aromatic N) is 1. The van der Waals surface area contributed by atoms with Crippen molar-refractivity contribution >= 4 is 5.91 Å². The molecule has 0 aromatic rings. The molecule has 2 N–H and O–H groups in total. The minimum absolute atomic E-state index is 0.148. The Balaban J connectivity index is 1.59. The molecular weight excluding hydrogens is 202 g/mol. The molecule has 0 bridgehead atoms. The van der Waals surface area contributed by atoms with Crippen molar-refractivity contribution < 1.29 is 4.79 Å². The Morgan fingerprint density at radius 2 is 2.19 bits per heavy atom. The van der Waals surface area contributed by atoms with E-state index in [0.717, 1.165) is 13.1 Å². The van der Waals surface area contributed by atoms with Gasteiger partial charge in [0.15, 0.2) is 0 Å². The lowest BCUT2D eigenvalue weighted by Crippen LogP contribution is -2.43. The van der Waals surface area contributed by atoms with Crippen LogP contribution < -0.4 is 10.6 Å². The van der Waals surface area contributed by atoms with Crippen molar-refractivity contribution in [2.45, 2.75) is 44.7 Å². The Bertz CT molecular complexity index is 240. The van der Waals surface area contributed by atoms with E-state index in [1.54, 1.807) is 0 Å². The fourth-order valence-electron chi connectivity index (χ4n) is 2.36. The lowest BCUT2D eigenvalue weighted by molar-refractivity contribution is -0.120. The smallest absolute Gasteiger partial charge is 0.234 e. The van der Waals surface area contributed by atoms with Crippen molar-refractivity contribution in [2.75, 3.05) is 26.2 Å². The zero-order valence-electron chi connectivity index (χ0n) is 10.2. The van der Waals surface area contributed by atoms with E-state index in [1.807, 2.05) is 0 Å². The molecule has 1 amide bonds. The van der Waals surface area contributed by atoms with Crippen molar-refractivity contribution in [3.63, 3.8) is 0 Å². The van der Waals surface area contributed by atoms with Crippen LogP contribution in [0.25, 0.3) is 0 Å². The minimum atomic E-state index is 0.148. The Kier molecular flexibility index (Phi) is 4.18. The molecule has 1 heterocycles. The zero-order chi connectivity index (χ0) is 11.4. The number of rotatable bonds is 6. The second-order valence-electron chi connectivity index (χ2n) is 4.88. The molecule has 1 saturated carbocycles. The largest absolute Gasteiger partial charge is 0.353 e. The maximum Gasteiger partial charge on any atom is 0.234 e. The van der Waals surface area contributed by atoms with E-state index in [0.29, 0.717) is 18.6 Å². The van der Waals surface area contributed by atoms with Crippen LogP contribution in [0.5, 0.6) is 0 Å². The Morgan fingerprint density at radius 1 is 1.38 bits per heavy atom. The van der Waals surface area contributed by atoms with E-state index in [-0.39, 0.29) is 5.91 Å². The number of carbonyl (C=O) groups is 1. The molecule has 4 heteroatoms. The first-order valence-electron chi connectivity index (χ1n) is 6.53. The summed E-state index contributed by atoms with van der Waals surface area (Å²) in [5.41, 5.74) is 0. The number of carbonyl (C=O) groups excluding carboxylic acids is 1. The number of likely N-dealkylation sites (N-methyl/N-ethyl adjacent to an activating group) is 1. The number of nitrogens with one attached hydrogen (secondary N) is 2. The highest BCUT2D eigenvalue weighted by atomic mass is 16.1. The highest BCUT2D eigenvalue weighted by Gasteiger charge is 2.24. The fourth-order valence-corrected chi connectivity index (χ4v) is 2.36. The van der Waals surface area contributed by atoms with Crippen LogP contribution in [0.2, 0.25) is 0 Å². The molecular formula is C12H23N3O. The molecule has 4 nitrogen and oxygen atoms in total. The van der Waals surface area contributed by atoms with Gasteiger partial charge in [0.25, 0.3) is 0 Å². The van der Waals surface area contributed by atoms with Gasteiger partial charge in [-0.25, -0.2) is 0 Å². The lowest BCUT2D eigenvalue weighted by atomic mass is 10.2. The molecule has 1 aliphatic heterocycles. The molecule has 16 heavy (non-hydrogen) atoms. The summed E-state index contributed by atoms with van der Waals surface area (Å²) < 4.78 is 0. The molecule has 0 aromatic heterocycles. The van der Waals surface area contributed by atoms with Crippen molar-refractivity contribution in [1.29, 1.82) is 0 Å². The van der Waals surface area contributed by atoms with Gasteiger partial charge in [0.2, 0.25) is 5.91 Å². The van der Waals surface area contributed by atoms with Crippen LogP contribution >= 0.6 is 0 Å². The Morgan fingerprint density at radius 3 is 2.88 bits per heavy atom. The average Bonchev–Trinajstić information content (AvgIpc) is 3.01. The van der Waals surface area contributed by atoms with Gasteiger partial charge in [0.1, 0.15) is 0 Å². The third-order valence-electron chi connectivity index (χ3n) is 3.57. The SMILES string of the molecule is CCN1CCCC1CNC(=O)CNC1CC1. The molecule has 1 saturated heterocycles. The predicted molar refractivity (Wildman–Crippen MR) is 64.3 cm³/mol. The number of hydrogen-bond acceptors (Lipinski definition) is 3. The van der Waals surface area contributed by atoms with Crippen LogP contribution in [0.1, 0.15) is 32.6 Å². The van der Waals surface area contributed by atoms with Crippen LogP contribution in [0, 0.1) is 0 Å². The van der Waals surface area contributed by atoms with Gasteiger partial charge in [-0.2, -0.15) is 0 Å². The van der Waals surface area contributed by atoms with Crippen LogP contribution in [-0.4, -0.2) is 49.1 Å². The number of likely N-dealkylation sites (tertiary alicyclic amines) is 1. The summed E-state index contributed by atoms with van der Waals surface area (Å²) in [6.07, 6.45) is 4.97. The van der Waals surface area contributed by atoms with E-state index >= 15 is 0 Å². The molecule has 1 unspecified atom stereocenters. The Hall–Kier alpha value is -0.610. The molecule has 0 radical (unpaired) electrons. The summed E-state index contributed by atoms with van der Waals surface area (Å²) in [4.78, 5) is 14.0. The highest BCUT2D eigenvalue weighted by molar-refractivity contribution is 5.78. The van der Waals surface area contributed by atoms with E-state index in [9.17, 15) is 4.79 Å². The van der Waals surface area contributed by atoms with Gasteiger partial charge < -0.3 is 10.6 Å². The zero-order valence-corrected chi connectivity index (χ0v) is 10.2. The van der Waals surface area contributed by atoms with Crippen molar-refractivity contribution in [1.82, 2.24) is 15.5 Å². The summed E-state index contributed by atoms with van der Waals surface area (Å²) in [7, 11) is 0. The normalized spacial score (nSPS) is 25.9. The van der Waals surface area contributed by atoms with E-state index in [2.05, 4.69) is 22.5 Å². The monoisotopic (exact) mass is 225 g/mol. The van der Waals surface area contributed by atoms with E-state index in [1.165, 1.54) is 32.2 Å². The summed E-state index contributed by atoms with van der Waals surface area (Å²) in [6, 6.07) is 1.18. The molecule has 2 rings (SSSR count). The number of amides is 1. The summed E-state index contributed by atoms with van der Waals surface area (Å²) in [5, 5.41) is 6.26. The summed E-state index contributed by atoms with van der Waals surface area (Å²) in [6.45, 7) is 5.79. The molecule has 0 spiro atoms. The maximum absolute atomic E-state index is 11.5.